The molecule has 0 bridgehead atoms. The van der Waals surface area contributed by atoms with Gasteiger partial charge in [-0.05, 0) is 42.3 Å². The molecule has 8 nitrogen and oxygen atoms in total. The van der Waals surface area contributed by atoms with E-state index in [-0.39, 0.29) is 24.2 Å². The molecule has 0 spiro atoms. The van der Waals surface area contributed by atoms with Gasteiger partial charge in [-0.1, -0.05) is 0 Å². The molecule has 0 atom stereocenters. The first kappa shape index (κ1) is 17.2. The van der Waals surface area contributed by atoms with E-state index in [2.05, 4.69) is 31.5 Å². The average molecular weight is 384 g/mol. The number of carbonyl (C=O) groups excluding carboxylic acids is 3. The third-order valence-corrected chi connectivity index (χ3v) is 3.84. The van der Waals surface area contributed by atoms with Gasteiger partial charge in [0.15, 0.2) is 5.69 Å². The zero-order chi connectivity index (χ0) is 17.2. The van der Waals surface area contributed by atoms with Crippen LogP contribution in [0.2, 0.25) is 0 Å². The molecule has 0 radical (unpaired) electrons. The predicted octanol–water partition coefficient (Wildman–Crippen LogP) is 1.08. The Morgan fingerprint density at radius 2 is 2.17 bits per heavy atom. The van der Waals surface area contributed by atoms with Gasteiger partial charge >= 0.3 is 6.03 Å². The molecule has 1 aromatic rings. The second-order valence-corrected chi connectivity index (χ2v) is 6.62. The fourth-order valence-corrected chi connectivity index (χ4v) is 2.58. The molecule has 0 aromatic carbocycles. The van der Waals surface area contributed by atoms with Crippen molar-refractivity contribution >= 4 is 39.5 Å². The van der Waals surface area contributed by atoms with Crippen LogP contribution in [0.1, 0.15) is 30.8 Å². The van der Waals surface area contributed by atoms with Gasteiger partial charge in [0.25, 0.3) is 11.8 Å². The fourth-order valence-electron chi connectivity index (χ4n) is 2.25. The van der Waals surface area contributed by atoms with Gasteiger partial charge < -0.3 is 16.4 Å². The van der Waals surface area contributed by atoms with Crippen molar-refractivity contribution in [3.63, 3.8) is 0 Å². The number of imide groups is 1. The zero-order valence-electron chi connectivity index (χ0n) is 12.9. The number of hydrogen-bond donors (Lipinski definition) is 3. The van der Waals surface area contributed by atoms with Crippen LogP contribution >= 0.6 is 15.9 Å². The Labute approximate surface area is 141 Å². The molecule has 124 valence electrons. The number of nitrogens with zero attached hydrogens (tertiary/aromatic N) is 2. The standard InChI is InChI=1S/C14H18BrN5O3/c1-14(2)12(22)20(13(23)19-14)5-3-4-17-9-6-8(15)7-18-10(9)11(16)21/h6-7,17H,3-5H2,1-2H3,(H2,16,21)(H,19,23). The number of pyridine rings is 1. The van der Waals surface area contributed by atoms with Gasteiger partial charge in [-0.25, -0.2) is 9.78 Å². The topological polar surface area (TPSA) is 117 Å². The molecule has 2 rings (SSSR count). The molecule has 1 aliphatic heterocycles. The summed E-state index contributed by atoms with van der Waals surface area (Å²) in [6, 6.07) is 1.31. The van der Waals surface area contributed by atoms with Crippen molar-refractivity contribution in [2.24, 2.45) is 5.73 Å². The van der Waals surface area contributed by atoms with E-state index in [4.69, 9.17) is 5.73 Å². The number of aromatic nitrogens is 1. The average Bonchev–Trinajstić information content (AvgIpc) is 2.64. The fraction of sp³-hybridized carbons (Fsp3) is 0.429. The molecular weight excluding hydrogens is 366 g/mol. The number of carbonyl (C=O) groups is 3. The van der Waals surface area contributed by atoms with Crippen LogP contribution in [0.3, 0.4) is 0 Å². The maximum Gasteiger partial charge on any atom is 0.325 e. The third kappa shape index (κ3) is 3.79. The van der Waals surface area contributed by atoms with Crippen molar-refractivity contribution < 1.29 is 14.4 Å². The van der Waals surface area contributed by atoms with Crippen molar-refractivity contribution in [3.8, 4) is 0 Å². The lowest BCUT2D eigenvalue weighted by atomic mass is 10.1. The molecule has 0 saturated carbocycles. The maximum absolute atomic E-state index is 12.0. The Bertz CT molecular complexity index is 662. The largest absolute Gasteiger partial charge is 0.383 e. The van der Waals surface area contributed by atoms with E-state index in [9.17, 15) is 14.4 Å². The first-order chi connectivity index (χ1) is 10.7. The number of nitrogens with two attached hydrogens (primary N) is 1. The van der Waals surface area contributed by atoms with Crippen molar-refractivity contribution in [1.82, 2.24) is 15.2 Å². The lowest BCUT2D eigenvalue weighted by Gasteiger charge is -2.16. The van der Waals surface area contributed by atoms with Gasteiger partial charge in [-0.3, -0.25) is 14.5 Å². The monoisotopic (exact) mass is 383 g/mol. The van der Waals surface area contributed by atoms with Crippen LogP contribution in [0.15, 0.2) is 16.7 Å². The minimum Gasteiger partial charge on any atom is -0.383 e. The maximum atomic E-state index is 12.0. The molecule has 4 N–H and O–H groups in total. The molecule has 1 fully saturated rings. The highest BCUT2D eigenvalue weighted by atomic mass is 79.9. The summed E-state index contributed by atoms with van der Waals surface area (Å²) in [6.45, 7) is 4.07. The van der Waals surface area contributed by atoms with E-state index < -0.39 is 11.4 Å². The molecule has 9 heteroatoms. The molecule has 0 aliphatic carbocycles. The number of rotatable bonds is 6. The smallest absolute Gasteiger partial charge is 0.325 e. The summed E-state index contributed by atoms with van der Waals surface area (Å²) in [6.07, 6.45) is 2.01. The van der Waals surface area contributed by atoms with Crippen LogP contribution in [0.5, 0.6) is 0 Å². The number of urea groups is 1. The highest BCUT2D eigenvalue weighted by Crippen LogP contribution is 2.19. The third-order valence-electron chi connectivity index (χ3n) is 3.41. The molecule has 4 amide bonds. The summed E-state index contributed by atoms with van der Waals surface area (Å²) in [7, 11) is 0. The van der Waals surface area contributed by atoms with E-state index in [1.807, 2.05) is 0 Å². The van der Waals surface area contributed by atoms with Crippen LogP contribution in [-0.2, 0) is 4.79 Å². The van der Waals surface area contributed by atoms with Gasteiger partial charge in [-0.2, -0.15) is 0 Å². The van der Waals surface area contributed by atoms with Gasteiger partial charge in [-0.15, -0.1) is 0 Å². The van der Waals surface area contributed by atoms with E-state index in [1.54, 1.807) is 19.9 Å². The number of nitrogens with one attached hydrogen (secondary N) is 2. The number of anilines is 1. The van der Waals surface area contributed by atoms with E-state index in [1.165, 1.54) is 11.1 Å². The quantitative estimate of drug-likeness (QED) is 0.501. The summed E-state index contributed by atoms with van der Waals surface area (Å²) < 4.78 is 0.709. The van der Waals surface area contributed by atoms with E-state index >= 15 is 0 Å². The number of primary amides is 1. The Hall–Kier alpha value is -2.16. The predicted molar refractivity (Wildman–Crippen MR) is 87.9 cm³/mol. The first-order valence-electron chi connectivity index (χ1n) is 7.05. The first-order valence-corrected chi connectivity index (χ1v) is 7.85. The van der Waals surface area contributed by atoms with E-state index in [0.717, 1.165) is 0 Å². The molecule has 1 saturated heterocycles. The lowest BCUT2D eigenvalue weighted by Crippen LogP contribution is -2.40. The number of hydrogen-bond acceptors (Lipinski definition) is 5. The second kappa shape index (κ2) is 6.53. The van der Waals surface area contributed by atoms with Crippen molar-refractivity contribution in [1.29, 1.82) is 0 Å². The van der Waals surface area contributed by atoms with Crippen LogP contribution < -0.4 is 16.4 Å². The molecule has 1 aliphatic rings. The molecular formula is C14H18BrN5O3. The SMILES string of the molecule is CC1(C)NC(=O)N(CCCNc2cc(Br)cnc2C(N)=O)C1=O. The summed E-state index contributed by atoms with van der Waals surface area (Å²) >= 11 is 3.28. The van der Waals surface area contributed by atoms with E-state index in [0.29, 0.717) is 23.1 Å². The molecule has 23 heavy (non-hydrogen) atoms. The minimum atomic E-state index is -0.863. The Kier molecular flexibility index (Phi) is 4.88. The zero-order valence-corrected chi connectivity index (χ0v) is 14.4. The summed E-state index contributed by atoms with van der Waals surface area (Å²) in [5, 5.41) is 5.67. The van der Waals surface area contributed by atoms with Gasteiger partial charge in [0, 0.05) is 23.8 Å². The summed E-state index contributed by atoms with van der Waals surface area (Å²) in [4.78, 5) is 40.3. The Morgan fingerprint density at radius 1 is 1.48 bits per heavy atom. The highest BCUT2D eigenvalue weighted by Gasteiger charge is 2.43. The molecule has 0 unspecified atom stereocenters. The van der Waals surface area contributed by atoms with Crippen LogP contribution in [0.4, 0.5) is 10.5 Å². The normalized spacial score (nSPS) is 16.4. The Balaban J connectivity index is 1.92. The number of halogens is 1. The molecule has 1 aromatic heterocycles. The van der Waals surface area contributed by atoms with Gasteiger partial charge in [0.2, 0.25) is 0 Å². The second-order valence-electron chi connectivity index (χ2n) is 5.71. The minimum absolute atomic E-state index is 0.143. The lowest BCUT2D eigenvalue weighted by molar-refractivity contribution is -0.130. The van der Waals surface area contributed by atoms with Crippen molar-refractivity contribution in [2.45, 2.75) is 25.8 Å². The Morgan fingerprint density at radius 3 is 2.74 bits per heavy atom. The van der Waals surface area contributed by atoms with Crippen molar-refractivity contribution in [2.75, 3.05) is 18.4 Å². The van der Waals surface area contributed by atoms with Crippen LogP contribution in [-0.4, -0.2) is 46.4 Å². The van der Waals surface area contributed by atoms with Gasteiger partial charge in [0.1, 0.15) is 5.54 Å². The highest BCUT2D eigenvalue weighted by molar-refractivity contribution is 9.10. The number of amides is 4. The van der Waals surface area contributed by atoms with Crippen molar-refractivity contribution in [3.05, 3.63) is 22.4 Å². The summed E-state index contributed by atoms with van der Waals surface area (Å²) in [5.41, 5.74) is 5.06. The molecule has 2 heterocycles. The summed E-state index contributed by atoms with van der Waals surface area (Å²) in [5.74, 6) is -0.875. The van der Waals surface area contributed by atoms with Gasteiger partial charge in [0.05, 0.1) is 5.69 Å². The van der Waals surface area contributed by atoms with Crippen LogP contribution in [0.25, 0.3) is 0 Å². The van der Waals surface area contributed by atoms with Crippen LogP contribution in [0, 0.1) is 0 Å².